The van der Waals surface area contributed by atoms with Gasteiger partial charge in [0.15, 0.2) is 0 Å². The highest BCUT2D eigenvalue weighted by Gasteiger charge is 2.12. The van der Waals surface area contributed by atoms with Gasteiger partial charge >= 0.3 is 0 Å². The molecule has 100 valence electrons. The maximum atomic E-state index is 13.5. The number of benzene rings is 2. The highest BCUT2D eigenvalue weighted by Crippen LogP contribution is 2.30. The van der Waals surface area contributed by atoms with Gasteiger partial charge in [-0.05, 0) is 30.3 Å². The third-order valence-corrected chi connectivity index (χ3v) is 3.53. The lowest BCUT2D eigenvalue weighted by atomic mass is 10.2. The van der Waals surface area contributed by atoms with Crippen molar-refractivity contribution in [3.8, 4) is 0 Å². The molecule has 2 aromatic carbocycles. The molecule has 2 N–H and O–H groups in total. The second-order valence-corrected chi connectivity index (χ2v) is 4.82. The van der Waals surface area contributed by atoms with Gasteiger partial charge < -0.3 is 5.73 Å². The fourth-order valence-corrected chi connectivity index (χ4v) is 2.44. The Kier molecular flexibility index (Phi) is 3.99. The van der Waals surface area contributed by atoms with Gasteiger partial charge in [-0.3, -0.25) is 0 Å². The Balaban J connectivity index is 2.21. The zero-order chi connectivity index (χ0) is 14.0. The Morgan fingerprint density at radius 1 is 0.895 bits per heavy atom. The van der Waals surface area contributed by atoms with Crippen molar-refractivity contribution in [1.29, 1.82) is 0 Å². The van der Waals surface area contributed by atoms with Crippen LogP contribution in [0.4, 0.5) is 23.2 Å². The van der Waals surface area contributed by atoms with Crippen molar-refractivity contribution in [3.05, 3.63) is 59.2 Å². The summed E-state index contributed by atoms with van der Waals surface area (Å²) < 4.78 is 53.3. The molecule has 0 spiro atoms. The van der Waals surface area contributed by atoms with E-state index in [0.717, 1.165) is 42.1 Å². The summed E-state index contributed by atoms with van der Waals surface area (Å²) in [5.74, 6) is -2.94. The maximum absolute atomic E-state index is 13.5. The van der Waals surface area contributed by atoms with Crippen LogP contribution >= 0.6 is 11.8 Å². The first-order valence-electron chi connectivity index (χ1n) is 5.28. The zero-order valence-corrected chi connectivity index (χ0v) is 10.4. The van der Waals surface area contributed by atoms with Crippen LogP contribution in [0, 0.1) is 23.3 Å². The molecule has 0 amide bonds. The number of rotatable bonds is 3. The number of hydrogen-bond acceptors (Lipinski definition) is 2. The van der Waals surface area contributed by atoms with Crippen molar-refractivity contribution < 1.29 is 17.6 Å². The largest absolute Gasteiger partial charge is 0.399 e. The first kappa shape index (κ1) is 13.7. The fraction of sp³-hybridized carbons (Fsp3) is 0.0769. The van der Waals surface area contributed by atoms with E-state index in [-0.39, 0.29) is 21.9 Å². The molecule has 0 aliphatic heterocycles. The van der Waals surface area contributed by atoms with E-state index in [1.54, 1.807) is 0 Å². The highest BCUT2D eigenvalue weighted by atomic mass is 32.2. The third-order valence-electron chi connectivity index (χ3n) is 2.40. The van der Waals surface area contributed by atoms with Gasteiger partial charge in [0, 0.05) is 17.0 Å². The van der Waals surface area contributed by atoms with Crippen molar-refractivity contribution in [2.24, 2.45) is 0 Å². The fourth-order valence-electron chi connectivity index (χ4n) is 1.52. The number of hydrogen-bond donors (Lipinski definition) is 1. The minimum atomic E-state index is -0.820. The minimum Gasteiger partial charge on any atom is -0.399 e. The van der Waals surface area contributed by atoms with E-state index >= 15 is 0 Å². The van der Waals surface area contributed by atoms with Crippen molar-refractivity contribution in [3.63, 3.8) is 0 Å². The molecule has 1 nitrogen and oxygen atoms in total. The van der Waals surface area contributed by atoms with E-state index in [0.29, 0.717) is 0 Å². The van der Waals surface area contributed by atoms with E-state index in [9.17, 15) is 17.6 Å². The van der Waals surface area contributed by atoms with Crippen molar-refractivity contribution in [2.45, 2.75) is 10.6 Å². The standard InChI is InChI=1S/C13H9F4NS/c14-8-1-2-10(15)7(3-8)6-19-13-11(16)4-9(18)5-12(13)17/h1-5H,6,18H2. The van der Waals surface area contributed by atoms with E-state index in [1.165, 1.54) is 0 Å². The molecule has 2 aromatic rings. The Labute approximate surface area is 111 Å². The van der Waals surface area contributed by atoms with Crippen LogP contribution in [0.3, 0.4) is 0 Å². The predicted octanol–water partition coefficient (Wildman–Crippen LogP) is 4.12. The Hall–Kier alpha value is -1.69. The van der Waals surface area contributed by atoms with Gasteiger partial charge in [-0.1, -0.05) is 0 Å². The number of nitrogen functional groups attached to an aromatic ring is 1. The number of nitrogens with two attached hydrogens (primary N) is 1. The minimum absolute atomic E-state index is 0.0312. The second-order valence-electron chi connectivity index (χ2n) is 3.84. The average Bonchev–Trinajstić information content (AvgIpc) is 2.32. The van der Waals surface area contributed by atoms with Gasteiger partial charge in [0.2, 0.25) is 0 Å². The van der Waals surface area contributed by atoms with Crippen LogP contribution < -0.4 is 5.73 Å². The van der Waals surface area contributed by atoms with Crippen molar-refractivity contribution >= 4 is 17.4 Å². The van der Waals surface area contributed by atoms with Gasteiger partial charge in [-0.2, -0.15) is 0 Å². The van der Waals surface area contributed by atoms with Crippen LogP contribution in [0.15, 0.2) is 35.2 Å². The van der Waals surface area contributed by atoms with Crippen LogP contribution in [-0.2, 0) is 5.75 Å². The summed E-state index contributed by atoms with van der Waals surface area (Å²) in [5, 5.41) is 0. The van der Waals surface area contributed by atoms with E-state index in [4.69, 9.17) is 5.73 Å². The summed E-state index contributed by atoms with van der Waals surface area (Å²) in [6.07, 6.45) is 0. The van der Waals surface area contributed by atoms with Crippen molar-refractivity contribution in [1.82, 2.24) is 0 Å². The average molecular weight is 287 g/mol. The number of halogens is 4. The van der Waals surface area contributed by atoms with Gasteiger partial charge in [-0.25, -0.2) is 17.6 Å². The topological polar surface area (TPSA) is 26.0 Å². The molecule has 0 fully saturated rings. The lowest BCUT2D eigenvalue weighted by molar-refractivity contribution is 0.541. The molecule has 0 bridgehead atoms. The first-order valence-corrected chi connectivity index (χ1v) is 6.27. The maximum Gasteiger partial charge on any atom is 0.141 e. The third kappa shape index (κ3) is 3.20. The van der Waals surface area contributed by atoms with Gasteiger partial charge in [0.25, 0.3) is 0 Å². The quantitative estimate of drug-likeness (QED) is 0.522. The highest BCUT2D eigenvalue weighted by molar-refractivity contribution is 7.98. The Bertz CT molecular complexity index is 593. The molecule has 0 aliphatic carbocycles. The van der Waals surface area contributed by atoms with Crippen LogP contribution in [0.1, 0.15) is 5.56 Å². The molecule has 6 heteroatoms. The molecule has 0 atom stereocenters. The summed E-state index contributed by atoms with van der Waals surface area (Å²) in [4.78, 5) is -0.266. The predicted molar refractivity (Wildman–Crippen MR) is 66.7 cm³/mol. The normalized spacial score (nSPS) is 10.7. The number of anilines is 1. The monoisotopic (exact) mass is 287 g/mol. The molecule has 2 rings (SSSR count). The van der Waals surface area contributed by atoms with Crippen LogP contribution in [0.5, 0.6) is 0 Å². The lowest BCUT2D eigenvalue weighted by Gasteiger charge is -2.07. The van der Waals surface area contributed by atoms with E-state index in [1.807, 2.05) is 0 Å². The number of thioether (sulfide) groups is 1. The first-order chi connectivity index (χ1) is 8.97. The van der Waals surface area contributed by atoms with E-state index in [2.05, 4.69) is 0 Å². The molecule has 0 saturated carbocycles. The second kappa shape index (κ2) is 5.52. The molecule has 0 heterocycles. The Morgan fingerprint density at radius 2 is 1.53 bits per heavy atom. The summed E-state index contributed by atoms with van der Waals surface area (Å²) in [5.41, 5.74) is 5.29. The lowest BCUT2D eigenvalue weighted by Crippen LogP contribution is -1.95. The molecule has 19 heavy (non-hydrogen) atoms. The summed E-state index contributed by atoms with van der Waals surface area (Å²) in [7, 11) is 0. The molecule has 0 aliphatic rings. The molecule has 0 unspecified atom stereocenters. The molecule has 0 aromatic heterocycles. The molecular weight excluding hydrogens is 278 g/mol. The summed E-state index contributed by atoms with van der Waals surface area (Å²) in [6, 6.07) is 4.91. The molecule has 0 saturated heterocycles. The van der Waals surface area contributed by atoms with Crippen LogP contribution in [0.25, 0.3) is 0 Å². The molecule has 0 radical (unpaired) electrons. The van der Waals surface area contributed by atoms with Gasteiger partial charge in [0.05, 0.1) is 4.90 Å². The summed E-state index contributed by atoms with van der Waals surface area (Å²) in [6.45, 7) is 0. The zero-order valence-electron chi connectivity index (χ0n) is 9.59. The van der Waals surface area contributed by atoms with Crippen molar-refractivity contribution in [2.75, 3.05) is 5.73 Å². The van der Waals surface area contributed by atoms with Gasteiger partial charge in [-0.15, -0.1) is 11.8 Å². The van der Waals surface area contributed by atoms with Gasteiger partial charge in [0.1, 0.15) is 23.3 Å². The smallest absolute Gasteiger partial charge is 0.141 e. The van der Waals surface area contributed by atoms with E-state index < -0.39 is 23.3 Å². The SMILES string of the molecule is Nc1cc(F)c(SCc2cc(F)ccc2F)c(F)c1. The van der Waals surface area contributed by atoms with Crippen LogP contribution in [-0.4, -0.2) is 0 Å². The Morgan fingerprint density at radius 3 is 2.16 bits per heavy atom. The molecular formula is C13H9F4NS. The van der Waals surface area contributed by atoms with Crippen LogP contribution in [0.2, 0.25) is 0 Å². The summed E-state index contributed by atoms with van der Waals surface area (Å²) >= 11 is 0.746.